The van der Waals surface area contributed by atoms with Gasteiger partial charge < -0.3 is 9.80 Å². The molecule has 0 radical (unpaired) electrons. The first-order chi connectivity index (χ1) is 11.1. The summed E-state index contributed by atoms with van der Waals surface area (Å²) in [5, 5.41) is 11.1. The molecule has 1 saturated heterocycles. The molecule has 0 atom stereocenters. The quantitative estimate of drug-likeness (QED) is 0.803. The van der Waals surface area contributed by atoms with E-state index in [4.69, 9.17) is 11.6 Å². The van der Waals surface area contributed by atoms with Crippen molar-refractivity contribution in [1.82, 2.24) is 15.1 Å². The zero-order valence-corrected chi connectivity index (χ0v) is 14.6. The lowest BCUT2D eigenvalue weighted by atomic mass is 10.2. The molecule has 0 aliphatic carbocycles. The predicted octanol–water partition coefficient (Wildman–Crippen LogP) is 2.84. The standard InChI is InChI=1S/C16H19ClN4OS/c1-20(9-10-21-8-2-3-15(21)22)16-19-18-14(23-16)11-12-4-6-13(17)7-5-12/h4-7H,2-3,8-11H2,1H3. The van der Waals surface area contributed by atoms with Crippen LogP contribution in [0, 0.1) is 0 Å². The van der Waals surface area contributed by atoms with Crippen LogP contribution >= 0.6 is 22.9 Å². The largest absolute Gasteiger partial charge is 0.348 e. The van der Waals surface area contributed by atoms with E-state index in [1.165, 1.54) is 5.56 Å². The molecule has 1 aromatic heterocycles. The second kappa shape index (κ2) is 7.27. The van der Waals surface area contributed by atoms with Gasteiger partial charge in [0.2, 0.25) is 11.0 Å². The van der Waals surface area contributed by atoms with E-state index in [2.05, 4.69) is 15.1 Å². The Bertz CT molecular complexity index is 673. The van der Waals surface area contributed by atoms with Gasteiger partial charge in [-0.1, -0.05) is 35.1 Å². The summed E-state index contributed by atoms with van der Waals surface area (Å²) in [7, 11) is 1.99. The van der Waals surface area contributed by atoms with E-state index in [1.54, 1.807) is 11.3 Å². The molecule has 2 aromatic rings. The van der Waals surface area contributed by atoms with E-state index >= 15 is 0 Å². The van der Waals surface area contributed by atoms with Crippen LogP contribution in [0.4, 0.5) is 5.13 Å². The van der Waals surface area contributed by atoms with Crippen molar-refractivity contribution in [2.45, 2.75) is 19.3 Å². The lowest BCUT2D eigenvalue weighted by molar-refractivity contribution is -0.127. The van der Waals surface area contributed by atoms with Gasteiger partial charge in [-0.15, -0.1) is 10.2 Å². The number of rotatable bonds is 6. The second-order valence-electron chi connectivity index (χ2n) is 5.69. The molecule has 1 aliphatic rings. The fraction of sp³-hybridized carbons (Fsp3) is 0.438. The maximum Gasteiger partial charge on any atom is 0.222 e. The second-order valence-corrected chi connectivity index (χ2v) is 7.16. The van der Waals surface area contributed by atoms with Crippen molar-refractivity contribution in [2.24, 2.45) is 0 Å². The Balaban J connectivity index is 1.55. The molecule has 1 aromatic carbocycles. The molecule has 0 saturated carbocycles. The molecule has 0 unspecified atom stereocenters. The summed E-state index contributed by atoms with van der Waals surface area (Å²) in [6.45, 7) is 2.41. The van der Waals surface area contributed by atoms with E-state index < -0.39 is 0 Å². The zero-order chi connectivity index (χ0) is 16.2. The van der Waals surface area contributed by atoms with E-state index in [-0.39, 0.29) is 5.91 Å². The van der Waals surface area contributed by atoms with Crippen molar-refractivity contribution >= 4 is 34.0 Å². The normalized spacial score (nSPS) is 14.5. The molecule has 0 N–H and O–H groups in total. The summed E-state index contributed by atoms with van der Waals surface area (Å²) in [5.74, 6) is 0.263. The van der Waals surface area contributed by atoms with Gasteiger partial charge in [0.1, 0.15) is 5.01 Å². The Hall–Kier alpha value is -1.66. The lowest BCUT2D eigenvalue weighted by Gasteiger charge is -2.20. The highest BCUT2D eigenvalue weighted by Crippen LogP contribution is 2.22. The number of hydrogen-bond acceptors (Lipinski definition) is 5. The Morgan fingerprint density at radius 2 is 2.09 bits per heavy atom. The van der Waals surface area contributed by atoms with Gasteiger partial charge in [0, 0.05) is 44.5 Å². The Labute approximate surface area is 144 Å². The molecule has 122 valence electrons. The molecule has 1 amide bonds. The number of carbonyl (C=O) groups excluding carboxylic acids is 1. The molecule has 1 aliphatic heterocycles. The first-order valence-electron chi connectivity index (χ1n) is 7.67. The number of carbonyl (C=O) groups is 1. The number of likely N-dealkylation sites (N-methyl/N-ethyl adjacent to an activating group) is 1. The van der Waals surface area contributed by atoms with Gasteiger partial charge in [-0.05, 0) is 24.1 Å². The number of anilines is 1. The van der Waals surface area contributed by atoms with Crippen LogP contribution in [0.1, 0.15) is 23.4 Å². The van der Waals surface area contributed by atoms with Crippen LogP contribution in [0.3, 0.4) is 0 Å². The van der Waals surface area contributed by atoms with Gasteiger partial charge in [-0.25, -0.2) is 0 Å². The fourth-order valence-corrected chi connectivity index (χ4v) is 3.54. The van der Waals surface area contributed by atoms with Crippen LogP contribution in [0.5, 0.6) is 0 Å². The predicted molar refractivity (Wildman–Crippen MR) is 93.3 cm³/mol. The minimum Gasteiger partial charge on any atom is -0.348 e. The summed E-state index contributed by atoms with van der Waals surface area (Å²) < 4.78 is 0. The summed E-state index contributed by atoms with van der Waals surface area (Å²) in [6, 6.07) is 7.79. The van der Waals surface area contributed by atoms with Gasteiger partial charge in [0.05, 0.1) is 0 Å². The van der Waals surface area contributed by atoms with Gasteiger partial charge in [-0.2, -0.15) is 0 Å². The van der Waals surface area contributed by atoms with E-state index in [9.17, 15) is 4.79 Å². The molecule has 0 bridgehead atoms. The summed E-state index contributed by atoms with van der Waals surface area (Å²) in [6.07, 6.45) is 2.42. The molecule has 3 rings (SSSR count). The van der Waals surface area contributed by atoms with Crippen molar-refractivity contribution in [3.63, 3.8) is 0 Å². The Morgan fingerprint density at radius 1 is 1.30 bits per heavy atom. The van der Waals surface area contributed by atoms with Crippen molar-refractivity contribution in [2.75, 3.05) is 31.6 Å². The Morgan fingerprint density at radius 3 is 2.78 bits per heavy atom. The molecule has 7 heteroatoms. The molecule has 0 spiro atoms. The van der Waals surface area contributed by atoms with E-state index in [0.29, 0.717) is 6.42 Å². The van der Waals surface area contributed by atoms with Crippen molar-refractivity contribution < 1.29 is 4.79 Å². The van der Waals surface area contributed by atoms with Crippen LogP contribution in [0.2, 0.25) is 5.02 Å². The minimum absolute atomic E-state index is 0.263. The monoisotopic (exact) mass is 350 g/mol. The van der Waals surface area contributed by atoms with Crippen LogP contribution in [0.15, 0.2) is 24.3 Å². The molecule has 1 fully saturated rings. The SMILES string of the molecule is CN(CCN1CCCC1=O)c1nnc(Cc2ccc(Cl)cc2)s1. The number of hydrogen-bond donors (Lipinski definition) is 0. The zero-order valence-electron chi connectivity index (χ0n) is 13.0. The average molecular weight is 351 g/mol. The third kappa shape index (κ3) is 4.20. The first-order valence-corrected chi connectivity index (χ1v) is 8.87. The van der Waals surface area contributed by atoms with Gasteiger partial charge in [-0.3, -0.25) is 4.79 Å². The summed E-state index contributed by atoms with van der Waals surface area (Å²) in [4.78, 5) is 15.6. The smallest absolute Gasteiger partial charge is 0.222 e. The Kier molecular flexibility index (Phi) is 5.13. The van der Waals surface area contributed by atoms with Crippen molar-refractivity contribution in [3.8, 4) is 0 Å². The van der Waals surface area contributed by atoms with Crippen LogP contribution in [-0.4, -0.2) is 47.7 Å². The van der Waals surface area contributed by atoms with Gasteiger partial charge in [0.25, 0.3) is 0 Å². The number of likely N-dealkylation sites (tertiary alicyclic amines) is 1. The van der Waals surface area contributed by atoms with E-state index in [1.807, 2.05) is 36.2 Å². The highest BCUT2D eigenvalue weighted by atomic mass is 35.5. The topological polar surface area (TPSA) is 49.3 Å². The molecular weight excluding hydrogens is 332 g/mol. The summed E-state index contributed by atoms with van der Waals surface area (Å²) >= 11 is 7.49. The fourth-order valence-electron chi connectivity index (χ4n) is 2.55. The molecule has 2 heterocycles. The number of amides is 1. The highest BCUT2D eigenvalue weighted by Gasteiger charge is 2.20. The first kappa shape index (κ1) is 16.2. The summed E-state index contributed by atoms with van der Waals surface area (Å²) in [5.41, 5.74) is 1.17. The van der Waals surface area contributed by atoms with Crippen LogP contribution < -0.4 is 4.90 Å². The van der Waals surface area contributed by atoms with E-state index in [0.717, 1.165) is 47.6 Å². The average Bonchev–Trinajstić information content (AvgIpc) is 3.16. The number of nitrogens with zero attached hydrogens (tertiary/aromatic N) is 4. The maximum absolute atomic E-state index is 11.6. The van der Waals surface area contributed by atoms with Crippen LogP contribution in [0.25, 0.3) is 0 Å². The third-order valence-corrected chi connectivity index (χ3v) is 5.22. The van der Waals surface area contributed by atoms with Gasteiger partial charge >= 0.3 is 0 Å². The highest BCUT2D eigenvalue weighted by molar-refractivity contribution is 7.15. The number of benzene rings is 1. The minimum atomic E-state index is 0.263. The van der Waals surface area contributed by atoms with Crippen LogP contribution in [-0.2, 0) is 11.2 Å². The van der Waals surface area contributed by atoms with Gasteiger partial charge in [0.15, 0.2) is 0 Å². The number of halogens is 1. The number of aromatic nitrogens is 2. The lowest BCUT2D eigenvalue weighted by Crippen LogP contribution is -2.33. The molecule has 23 heavy (non-hydrogen) atoms. The maximum atomic E-state index is 11.6. The third-order valence-electron chi connectivity index (χ3n) is 3.93. The van der Waals surface area contributed by atoms with Crippen molar-refractivity contribution in [3.05, 3.63) is 39.9 Å². The molecule has 5 nitrogen and oxygen atoms in total. The van der Waals surface area contributed by atoms with Crippen molar-refractivity contribution in [1.29, 1.82) is 0 Å². The molecular formula is C16H19ClN4OS.